The fourth-order valence-electron chi connectivity index (χ4n) is 18.0. The van der Waals surface area contributed by atoms with Crippen molar-refractivity contribution in [3.05, 3.63) is 0 Å². The van der Waals surface area contributed by atoms with Crippen LogP contribution in [0.2, 0.25) is 0 Å². The molecule has 0 N–H and O–H groups in total. The molecule has 112 heavy (non-hydrogen) atoms. The Balaban J connectivity index is 0. The molecule has 680 valence electrons. The molecular formula is C102H210F6NP3. The van der Waals surface area contributed by atoms with E-state index < -0.39 is 21.9 Å². The van der Waals surface area contributed by atoms with Gasteiger partial charge in [0.2, 0.25) is 14.1 Å². The standard InChI is InChI=1S/C102H210NP2.F6P/c1-7-13-19-25-31-37-43-49-55-61-67-73-79-85-91-97-104(98-92-86-80-74-68-62-56-50-44-38-32-26-20-14-8-2,99-93-87-81-75-69-63-57-51-45-39-33-27-21-15-9-3)103-105(100-94-88-82-76-70-64-58-52-46-40-34-28-22-16-10-4,101-95-89-83-77-71-65-59-53-47-41-35-29-23-17-11-5)102-96-90-84-78-72-66-60-54-48-42-36-30-24-18-12-6;1-7(2,3,4,5)6/h7-102H2,1-6H3;/q+1;-1. The van der Waals surface area contributed by atoms with Gasteiger partial charge in [0, 0.05) is 37.0 Å². The van der Waals surface area contributed by atoms with E-state index in [1.807, 2.05) is 0 Å². The third-order valence-corrected chi connectivity index (χ3v) is 35.4. The van der Waals surface area contributed by atoms with Gasteiger partial charge in [0.05, 0.1) is 0 Å². The number of hydrogen-bond donors (Lipinski definition) is 0. The SMILES string of the molecule is CCCCCCCCCCCCCCCCCP(CCCCCCCCCCCCCCCCC)(CCCCCCCCCCCCCCCCC)=[N+]=P(CCCCCCCCCCCCCCCCC)(CCCCCCCCCCCCCCCCC)CCCCCCCCCCCCCCCCC.F[P-](F)(F)(F)(F)F. The number of unbranched alkanes of at least 4 members (excludes halogenated alkanes) is 84. The summed E-state index contributed by atoms with van der Waals surface area (Å²) in [4.78, 5) is 0. The van der Waals surface area contributed by atoms with Crippen molar-refractivity contribution in [2.24, 2.45) is 0 Å². The summed E-state index contributed by atoms with van der Waals surface area (Å²) >= 11 is 0. The summed E-state index contributed by atoms with van der Waals surface area (Å²) in [5.74, 6) is 0. The molecule has 0 aliphatic carbocycles. The predicted octanol–water partition coefficient (Wildman–Crippen LogP) is 43.1. The fraction of sp³-hybridized carbons (Fsp3) is 1.00. The molecule has 1 nitrogen and oxygen atoms in total. The molecule has 0 radical (unpaired) electrons. The first-order valence-corrected chi connectivity index (χ1v) is 59.2. The summed E-state index contributed by atoms with van der Waals surface area (Å²) in [6, 6.07) is 0. The maximum absolute atomic E-state index is 10.7. The maximum atomic E-state index is 9.87. The van der Waals surface area contributed by atoms with Crippen LogP contribution >= 0.6 is 21.9 Å². The van der Waals surface area contributed by atoms with Gasteiger partial charge >= 0.3 is 33.0 Å². The second kappa shape index (κ2) is 87.9. The fourth-order valence-corrected chi connectivity index (χ4v) is 29.6. The van der Waals surface area contributed by atoms with Crippen LogP contribution in [0.5, 0.6) is 0 Å². The first-order valence-electron chi connectivity index (χ1n) is 52.6. The molecular weight excluding hydrogens is 1450 g/mol. The Morgan fingerprint density at radius 3 is 0.259 bits per heavy atom. The molecule has 0 saturated carbocycles. The van der Waals surface area contributed by atoms with Crippen LogP contribution in [0.1, 0.15) is 619 Å². The molecule has 0 spiro atoms. The van der Waals surface area contributed by atoms with Crippen LogP contribution in [0.15, 0.2) is 0 Å². The topological polar surface area (TPSA) is 14.1 Å². The van der Waals surface area contributed by atoms with Crippen LogP contribution in [0, 0.1) is 0 Å². The van der Waals surface area contributed by atoms with E-state index in [1.54, 1.807) is 37.0 Å². The molecule has 0 aliphatic heterocycles. The summed E-state index contributed by atoms with van der Waals surface area (Å²) in [6.07, 6.45) is 142. The minimum absolute atomic E-state index is 1.37. The van der Waals surface area contributed by atoms with E-state index in [4.69, 9.17) is 4.17 Å². The van der Waals surface area contributed by atoms with Crippen LogP contribution < -0.4 is 4.17 Å². The zero-order valence-corrected chi connectivity index (χ0v) is 80.6. The van der Waals surface area contributed by atoms with Gasteiger partial charge in [-0.3, -0.25) is 0 Å². The van der Waals surface area contributed by atoms with Crippen molar-refractivity contribution >= 4 is 21.9 Å². The first-order chi connectivity index (χ1) is 54.5. The van der Waals surface area contributed by atoms with Crippen molar-refractivity contribution in [2.75, 3.05) is 37.0 Å². The van der Waals surface area contributed by atoms with Gasteiger partial charge in [-0.25, -0.2) is 0 Å². The average molecular weight is 1660 g/mol. The third-order valence-electron chi connectivity index (χ3n) is 25.4. The number of hydrogen-bond acceptors (Lipinski definition) is 0. The molecule has 0 saturated heterocycles. The molecule has 0 rings (SSSR count). The van der Waals surface area contributed by atoms with E-state index in [9.17, 15) is 25.2 Å². The van der Waals surface area contributed by atoms with Gasteiger partial charge in [-0.1, -0.05) is 581 Å². The molecule has 0 unspecified atom stereocenters. The van der Waals surface area contributed by atoms with Crippen LogP contribution in [-0.2, 0) is 0 Å². The summed E-state index contributed by atoms with van der Waals surface area (Å²) in [5.41, 5.74) is 0. The summed E-state index contributed by atoms with van der Waals surface area (Å²) < 4.78 is 66.4. The van der Waals surface area contributed by atoms with Gasteiger partial charge in [0.15, 0.2) is 0 Å². The molecule has 10 heteroatoms. The first kappa shape index (κ1) is 115. The molecule has 0 heterocycles. The molecule has 0 aromatic heterocycles. The Kier molecular flexibility index (Phi) is 90.0. The van der Waals surface area contributed by atoms with E-state index >= 15 is 0 Å². The van der Waals surface area contributed by atoms with Crippen molar-refractivity contribution in [1.82, 2.24) is 4.17 Å². The molecule has 0 atom stereocenters. The second-order valence-electron chi connectivity index (χ2n) is 37.3. The van der Waals surface area contributed by atoms with Gasteiger partial charge in [-0.05, 0) is 38.5 Å². The van der Waals surface area contributed by atoms with Crippen molar-refractivity contribution < 1.29 is 25.2 Å². The molecule has 0 fully saturated rings. The Morgan fingerprint density at radius 2 is 0.188 bits per heavy atom. The van der Waals surface area contributed by atoms with Gasteiger partial charge in [-0.2, -0.15) is 4.17 Å². The Labute approximate surface area is 703 Å². The van der Waals surface area contributed by atoms with Crippen molar-refractivity contribution in [1.29, 1.82) is 0 Å². The number of rotatable bonds is 96. The van der Waals surface area contributed by atoms with Gasteiger partial charge in [0.1, 0.15) is 0 Å². The van der Waals surface area contributed by atoms with Gasteiger partial charge in [-0.15, -0.1) is 0 Å². The molecule has 0 aromatic carbocycles. The van der Waals surface area contributed by atoms with Crippen LogP contribution in [0.3, 0.4) is 0 Å². The van der Waals surface area contributed by atoms with Crippen molar-refractivity contribution in [3.63, 3.8) is 0 Å². The zero-order valence-electron chi connectivity index (χ0n) is 77.9. The predicted molar refractivity (Wildman–Crippen MR) is 508 cm³/mol. The average Bonchev–Trinajstić information content (AvgIpc) is 0.795. The summed E-state index contributed by atoms with van der Waals surface area (Å²) in [7, 11) is -13.6. The number of nitrogens with zero attached hydrogens (tertiary/aromatic N) is 1. The number of halogens is 6. The van der Waals surface area contributed by atoms with E-state index in [0.29, 0.717) is 0 Å². The van der Waals surface area contributed by atoms with Crippen LogP contribution in [0.4, 0.5) is 25.2 Å². The Bertz CT molecular complexity index is 1600. The van der Waals surface area contributed by atoms with Crippen LogP contribution in [0.25, 0.3) is 0 Å². The normalized spacial score (nSPS) is 12.8. The Morgan fingerprint density at radius 1 is 0.125 bits per heavy atom. The Hall–Kier alpha value is 0.580. The van der Waals surface area contributed by atoms with E-state index in [0.717, 1.165) is 0 Å². The van der Waals surface area contributed by atoms with Crippen molar-refractivity contribution in [3.8, 4) is 0 Å². The minimum atomic E-state index is -10.7. The molecule has 0 amide bonds. The quantitative estimate of drug-likeness (QED) is 0.0249. The summed E-state index contributed by atoms with van der Waals surface area (Å²) in [5, 5.41) is 0. The second-order valence-corrected chi connectivity index (χ2v) is 47.0. The van der Waals surface area contributed by atoms with E-state index in [-0.39, 0.29) is 0 Å². The van der Waals surface area contributed by atoms with Crippen molar-refractivity contribution in [2.45, 2.75) is 619 Å². The molecule has 0 aromatic rings. The van der Waals surface area contributed by atoms with Gasteiger partial charge in [0.25, 0.3) is 0 Å². The van der Waals surface area contributed by atoms with E-state index in [2.05, 4.69) is 41.5 Å². The van der Waals surface area contributed by atoms with Gasteiger partial charge < -0.3 is 0 Å². The van der Waals surface area contributed by atoms with E-state index in [1.165, 1.54) is 578 Å². The molecule has 0 aliphatic rings. The third kappa shape index (κ3) is 101. The zero-order chi connectivity index (χ0) is 82.0. The molecule has 0 bridgehead atoms. The summed E-state index contributed by atoms with van der Waals surface area (Å²) in [6.45, 7) is 14.1. The monoisotopic (exact) mass is 1660 g/mol. The van der Waals surface area contributed by atoms with Crippen LogP contribution in [-0.4, -0.2) is 37.0 Å².